The minimum atomic E-state index is -1.04. The highest BCUT2D eigenvalue weighted by Gasteiger charge is 2.24. The third-order valence-electron chi connectivity index (χ3n) is 3.25. The fourth-order valence-electron chi connectivity index (χ4n) is 2.04. The van der Waals surface area contributed by atoms with Crippen LogP contribution in [0.5, 0.6) is 0 Å². The maximum atomic E-state index is 12.1. The van der Waals surface area contributed by atoms with Gasteiger partial charge in [0.05, 0.1) is 21.9 Å². The first-order chi connectivity index (χ1) is 13.0. The molecule has 1 aliphatic rings. The lowest BCUT2D eigenvalue weighted by molar-refractivity contribution is -0.138. The van der Waals surface area contributed by atoms with Crippen LogP contribution in [0.1, 0.15) is 17.7 Å². The van der Waals surface area contributed by atoms with Crippen LogP contribution in [0.4, 0.5) is 10.8 Å². The van der Waals surface area contributed by atoms with Gasteiger partial charge < -0.3 is 15.7 Å². The van der Waals surface area contributed by atoms with Crippen molar-refractivity contribution in [3.63, 3.8) is 0 Å². The number of thioether (sulfide) groups is 1. The van der Waals surface area contributed by atoms with E-state index in [4.69, 9.17) is 5.11 Å². The van der Waals surface area contributed by atoms with Gasteiger partial charge in [-0.2, -0.15) is 0 Å². The van der Waals surface area contributed by atoms with E-state index in [0.29, 0.717) is 20.1 Å². The Balaban J connectivity index is 1.64. The fourth-order valence-corrected chi connectivity index (χ4v) is 3.73. The van der Waals surface area contributed by atoms with E-state index < -0.39 is 11.9 Å². The highest BCUT2D eigenvalue weighted by Crippen LogP contribution is 2.30. The zero-order chi connectivity index (χ0) is 19.2. The predicted molar refractivity (Wildman–Crippen MR) is 105 cm³/mol. The van der Waals surface area contributed by atoms with Crippen LogP contribution in [0.3, 0.4) is 0 Å². The number of aromatic nitrogens is 1. The maximum absolute atomic E-state index is 12.1. The van der Waals surface area contributed by atoms with E-state index >= 15 is 0 Å². The number of amidine groups is 1. The van der Waals surface area contributed by atoms with Crippen LogP contribution in [0.2, 0.25) is 0 Å². The van der Waals surface area contributed by atoms with Crippen LogP contribution >= 0.6 is 23.1 Å². The average molecular weight is 402 g/mol. The van der Waals surface area contributed by atoms with Gasteiger partial charge in [0.15, 0.2) is 10.3 Å². The molecule has 3 rings (SSSR count). The summed E-state index contributed by atoms with van der Waals surface area (Å²) in [5.74, 6) is -1.71. The summed E-state index contributed by atoms with van der Waals surface area (Å²) in [4.78, 5) is 43.8. The molecule has 0 aliphatic carbocycles. The lowest BCUT2D eigenvalue weighted by Gasteiger charge is -1.98. The predicted octanol–water partition coefficient (Wildman–Crippen LogP) is 2.84. The second-order valence-corrected chi connectivity index (χ2v) is 7.42. The number of carbonyl (C=O) groups is 3. The molecular formula is C17H14N4O4S2. The molecule has 138 valence electrons. The summed E-state index contributed by atoms with van der Waals surface area (Å²) in [5.41, 5.74) is 0.741. The quantitative estimate of drug-likeness (QED) is 0.639. The standard InChI is InChI=1S/C17H14N4O4S2/c22-13(6-7-14(23)24)20-16-18-9-11(26-16)8-12-15(25)21-17(27-12)19-10-4-2-1-3-5-10/h1-5,8-9H,6-7H2,(H,23,24)(H,18,20,22)(H,19,21,25)/b12-8-. The van der Waals surface area contributed by atoms with Gasteiger partial charge in [0.2, 0.25) is 5.91 Å². The van der Waals surface area contributed by atoms with Crippen LogP contribution in [0, 0.1) is 0 Å². The Morgan fingerprint density at radius 1 is 1.26 bits per heavy atom. The lowest BCUT2D eigenvalue weighted by Crippen LogP contribution is -2.19. The van der Waals surface area contributed by atoms with Gasteiger partial charge in [-0.05, 0) is 30.0 Å². The normalized spacial score (nSPS) is 16.5. The Labute approximate surface area is 162 Å². The van der Waals surface area contributed by atoms with Gasteiger partial charge in [-0.15, -0.1) is 0 Å². The van der Waals surface area contributed by atoms with Crippen LogP contribution in [0.25, 0.3) is 6.08 Å². The highest BCUT2D eigenvalue weighted by molar-refractivity contribution is 8.18. The molecule has 1 aromatic carbocycles. The van der Waals surface area contributed by atoms with Crippen LogP contribution < -0.4 is 10.6 Å². The molecule has 2 heterocycles. The van der Waals surface area contributed by atoms with Crippen molar-refractivity contribution >= 4 is 62.9 Å². The molecule has 0 unspecified atom stereocenters. The summed E-state index contributed by atoms with van der Waals surface area (Å²) in [7, 11) is 0. The molecule has 0 spiro atoms. The van der Waals surface area contributed by atoms with Gasteiger partial charge in [-0.1, -0.05) is 29.5 Å². The molecule has 1 saturated heterocycles. The molecule has 10 heteroatoms. The van der Waals surface area contributed by atoms with Gasteiger partial charge in [0.25, 0.3) is 5.91 Å². The number of nitrogens with one attached hydrogen (secondary N) is 2. The molecule has 3 N–H and O–H groups in total. The molecule has 8 nitrogen and oxygen atoms in total. The summed E-state index contributed by atoms with van der Waals surface area (Å²) in [5, 5.41) is 14.7. The smallest absolute Gasteiger partial charge is 0.303 e. The van der Waals surface area contributed by atoms with Gasteiger partial charge >= 0.3 is 5.97 Å². The molecule has 0 radical (unpaired) electrons. The van der Waals surface area contributed by atoms with Crippen molar-refractivity contribution in [1.82, 2.24) is 10.3 Å². The van der Waals surface area contributed by atoms with Gasteiger partial charge in [0.1, 0.15) is 0 Å². The monoisotopic (exact) mass is 402 g/mol. The molecule has 27 heavy (non-hydrogen) atoms. The van der Waals surface area contributed by atoms with E-state index in [1.165, 1.54) is 29.3 Å². The van der Waals surface area contributed by atoms with Crippen molar-refractivity contribution in [2.24, 2.45) is 4.99 Å². The Morgan fingerprint density at radius 3 is 2.78 bits per heavy atom. The molecule has 0 bridgehead atoms. The first-order valence-electron chi connectivity index (χ1n) is 7.82. The first-order valence-corrected chi connectivity index (χ1v) is 9.45. The largest absolute Gasteiger partial charge is 0.481 e. The van der Waals surface area contributed by atoms with Gasteiger partial charge in [-0.25, -0.2) is 9.98 Å². The van der Waals surface area contributed by atoms with Crippen molar-refractivity contribution in [3.8, 4) is 0 Å². The highest BCUT2D eigenvalue weighted by atomic mass is 32.2. The summed E-state index contributed by atoms with van der Waals surface area (Å²) >= 11 is 2.41. The van der Waals surface area contributed by atoms with Crippen molar-refractivity contribution in [2.75, 3.05) is 5.32 Å². The average Bonchev–Trinajstić information content (AvgIpc) is 3.21. The van der Waals surface area contributed by atoms with E-state index in [1.807, 2.05) is 30.3 Å². The number of nitrogens with zero attached hydrogens (tertiary/aromatic N) is 2. The Morgan fingerprint density at radius 2 is 2.04 bits per heavy atom. The van der Waals surface area contributed by atoms with Crippen LogP contribution in [-0.2, 0) is 14.4 Å². The number of aliphatic carboxylic acids is 1. The minimum Gasteiger partial charge on any atom is -0.481 e. The second kappa shape index (κ2) is 8.60. The molecule has 1 aromatic heterocycles. The van der Waals surface area contributed by atoms with E-state index in [9.17, 15) is 14.4 Å². The molecule has 1 fully saturated rings. The van der Waals surface area contributed by atoms with Gasteiger partial charge in [0, 0.05) is 12.6 Å². The molecule has 2 aromatic rings. The van der Waals surface area contributed by atoms with Crippen LogP contribution in [0.15, 0.2) is 46.4 Å². The third-order valence-corrected chi connectivity index (χ3v) is 5.02. The van der Waals surface area contributed by atoms with Gasteiger partial charge in [-0.3, -0.25) is 14.4 Å². The number of anilines is 1. The number of amides is 2. The molecule has 2 amide bonds. The van der Waals surface area contributed by atoms with Crippen molar-refractivity contribution in [3.05, 3.63) is 46.3 Å². The van der Waals surface area contributed by atoms with E-state index in [-0.39, 0.29) is 18.7 Å². The Kier molecular flexibility index (Phi) is 5.99. The van der Waals surface area contributed by atoms with E-state index in [1.54, 1.807) is 6.08 Å². The number of carboxylic acid groups (broad SMARTS) is 1. The Hall–Kier alpha value is -2.98. The Bertz CT molecular complexity index is 937. The lowest BCUT2D eigenvalue weighted by atomic mass is 10.3. The topological polar surface area (TPSA) is 121 Å². The minimum absolute atomic E-state index is 0.122. The number of rotatable bonds is 6. The number of para-hydroxylation sites is 1. The molecule has 0 atom stereocenters. The summed E-state index contributed by atoms with van der Waals surface area (Å²) in [6, 6.07) is 9.29. The molecular weight excluding hydrogens is 388 g/mol. The number of aliphatic imine (C=N–C) groups is 1. The number of carboxylic acids is 1. The summed E-state index contributed by atoms with van der Waals surface area (Å²) < 4.78 is 0. The summed E-state index contributed by atoms with van der Waals surface area (Å²) in [6.07, 6.45) is 2.83. The number of thiazole rings is 1. The third kappa shape index (κ3) is 5.50. The zero-order valence-corrected chi connectivity index (χ0v) is 15.5. The van der Waals surface area contributed by atoms with Crippen molar-refractivity contribution in [2.45, 2.75) is 12.8 Å². The van der Waals surface area contributed by atoms with Crippen molar-refractivity contribution < 1.29 is 19.5 Å². The molecule has 1 aliphatic heterocycles. The van der Waals surface area contributed by atoms with Crippen LogP contribution in [-0.4, -0.2) is 33.0 Å². The van der Waals surface area contributed by atoms with E-state index in [0.717, 1.165) is 5.69 Å². The maximum Gasteiger partial charge on any atom is 0.303 e. The number of carbonyl (C=O) groups excluding carboxylic acids is 2. The fraction of sp³-hybridized carbons (Fsp3) is 0.118. The number of hydrogen-bond acceptors (Lipinski definition) is 7. The van der Waals surface area contributed by atoms with Crippen molar-refractivity contribution in [1.29, 1.82) is 0 Å². The first kappa shape index (κ1) is 18.8. The zero-order valence-electron chi connectivity index (χ0n) is 13.8. The van der Waals surface area contributed by atoms with E-state index in [2.05, 4.69) is 20.6 Å². The molecule has 0 saturated carbocycles. The number of benzene rings is 1. The second-order valence-electron chi connectivity index (χ2n) is 5.33. The number of hydrogen-bond donors (Lipinski definition) is 3. The SMILES string of the molecule is O=C(O)CCC(=O)Nc1ncc(/C=C2\S/C(=N\c3ccccc3)NC2=O)s1. The summed E-state index contributed by atoms with van der Waals surface area (Å²) in [6.45, 7) is 0.